The molecule has 1 saturated heterocycles. The van der Waals surface area contributed by atoms with Crippen molar-refractivity contribution < 1.29 is 9.53 Å². The zero-order chi connectivity index (χ0) is 13.1. The molecule has 0 aromatic heterocycles. The van der Waals surface area contributed by atoms with E-state index in [1.54, 1.807) is 7.11 Å². The summed E-state index contributed by atoms with van der Waals surface area (Å²) in [6.45, 7) is 4.35. The van der Waals surface area contributed by atoms with Gasteiger partial charge in [-0.15, -0.1) is 0 Å². The predicted octanol–water partition coefficient (Wildman–Crippen LogP) is 1.94. The molecule has 1 heterocycles. The van der Waals surface area contributed by atoms with Crippen molar-refractivity contribution in [3.63, 3.8) is 0 Å². The second-order valence-electron chi connectivity index (χ2n) is 4.88. The maximum absolute atomic E-state index is 11.3. The van der Waals surface area contributed by atoms with Gasteiger partial charge in [0.05, 0.1) is 6.61 Å². The van der Waals surface area contributed by atoms with Gasteiger partial charge in [0, 0.05) is 43.1 Å². The van der Waals surface area contributed by atoms with Crippen LogP contribution < -0.4 is 10.6 Å². The van der Waals surface area contributed by atoms with Crippen LogP contribution in [0.25, 0.3) is 0 Å². The lowest BCUT2D eigenvalue weighted by Gasteiger charge is -2.19. The Morgan fingerprint density at radius 3 is 2.94 bits per heavy atom. The molecule has 0 radical (unpaired) electrons. The smallest absolute Gasteiger partial charge is 0.161 e. The molecule has 4 nitrogen and oxygen atoms in total. The number of nitrogens with zero attached hydrogens (tertiary/aromatic N) is 1. The Morgan fingerprint density at radius 1 is 1.56 bits per heavy atom. The van der Waals surface area contributed by atoms with E-state index in [0.717, 1.165) is 31.8 Å². The molecule has 0 spiro atoms. The van der Waals surface area contributed by atoms with Crippen LogP contribution in [-0.2, 0) is 4.74 Å². The fraction of sp³-hybridized carbons (Fsp3) is 0.500. The number of ketones is 1. The molecule has 0 aliphatic carbocycles. The van der Waals surface area contributed by atoms with Gasteiger partial charge in [0.1, 0.15) is 0 Å². The Morgan fingerprint density at radius 2 is 2.33 bits per heavy atom. The zero-order valence-corrected chi connectivity index (χ0v) is 11.0. The molecule has 0 amide bonds. The second-order valence-corrected chi connectivity index (χ2v) is 4.88. The summed E-state index contributed by atoms with van der Waals surface area (Å²) in [5.41, 5.74) is 8.17. The van der Waals surface area contributed by atoms with Crippen LogP contribution in [0, 0.1) is 5.92 Å². The fourth-order valence-corrected chi connectivity index (χ4v) is 2.51. The number of benzene rings is 1. The quantitative estimate of drug-likeness (QED) is 0.653. The SMILES string of the molecule is COCC1CCN(c2ccc(C(C)=O)c(N)c2)C1. The summed E-state index contributed by atoms with van der Waals surface area (Å²) in [5.74, 6) is 0.599. The number of hydrogen-bond donors (Lipinski definition) is 1. The second kappa shape index (κ2) is 5.40. The van der Waals surface area contributed by atoms with Gasteiger partial charge in [-0.25, -0.2) is 0 Å². The summed E-state index contributed by atoms with van der Waals surface area (Å²) in [6, 6.07) is 5.69. The lowest BCUT2D eigenvalue weighted by Crippen LogP contribution is -2.21. The van der Waals surface area contributed by atoms with Crippen LogP contribution in [0.2, 0.25) is 0 Å². The third kappa shape index (κ3) is 2.64. The van der Waals surface area contributed by atoms with Gasteiger partial charge in [0.2, 0.25) is 0 Å². The largest absolute Gasteiger partial charge is 0.398 e. The third-order valence-corrected chi connectivity index (χ3v) is 3.47. The number of nitrogens with two attached hydrogens (primary N) is 1. The van der Waals surface area contributed by atoms with E-state index in [-0.39, 0.29) is 5.78 Å². The number of methoxy groups -OCH3 is 1. The summed E-state index contributed by atoms with van der Waals surface area (Å²) >= 11 is 0. The standard InChI is InChI=1S/C14H20N2O2/c1-10(17)13-4-3-12(7-14(13)15)16-6-5-11(8-16)9-18-2/h3-4,7,11H,5-6,8-9,15H2,1-2H3. The predicted molar refractivity (Wildman–Crippen MR) is 73.1 cm³/mol. The topological polar surface area (TPSA) is 55.6 Å². The molecule has 1 aliphatic rings. The van der Waals surface area contributed by atoms with E-state index in [2.05, 4.69) is 4.90 Å². The lowest BCUT2D eigenvalue weighted by molar-refractivity contribution is 0.101. The fourth-order valence-electron chi connectivity index (χ4n) is 2.51. The molecule has 1 unspecified atom stereocenters. The van der Waals surface area contributed by atoms with Gasteiger partial charge in [-0.1, -0.05) is 0 Å². The molecule has 1 aromatic rings. The highest BCUT2D eigenvalue weighted by molar-refractivity contribution is 5.99. The maximum Gasteiger partial charge on any atom is 0.161 e. The first-order valence-electron chi connectivity index (χ1n) is 6.26. The highest BCUT2D eigenvalue weighted by Gasteiger charge is 2.23. The number of nitrogen functional groups attached to an aromatic ring is 1. The van der Waals surface area contributed by atoms with Gasteiger partial charge >= 0.3 is 0 Å². The Hall–Kier alpha value is -1.55. The number of rotatable bonds is 4. The van der Waals surface area contributed by atoms with E-state index < -0.39 is 0 Å². The highest BCUT2D eigenvalue weighted by atomic mass is 16.5. The Labute approximate surface area is 108 Å². The summed E-state index contributed by atoms with van der Waals surface area (Å²) in [4.78, 5) is 13.6. The Kier molecular flexibility index (Phi) is 3.87. The van der Waals surface area contributed by atoms with Crippen molar-refractivity contribution in [1.82, 2.24) is 0 Å². The number of hydrogen-bond acceptors (Lipinski definition) is 4. The third-order valence-electron chi connectivity index (χ3n) is 3.47. The molecule has 4 heteroatoms. The van der Waals surface area contributed by atoms with Gasteiger partial charge in [-0.2, -0.15) is 0 Å². The van der Waals surface area contributed by atoms with Crippen LogP contribution in [0.4, 0.5) is 11.4 Å². The van der Waals surface area contributed by atoms with Crippen LogP contribution in [0.5, 0.6) is 0 Å². The Balaban J connectivity index is 2.11. The number of carbonyl (C=O) groups excluding carboxylic acids is 1. The van der Waals surface area contributed by atoms with Crippen molar-refractivity contribution >= 4 is 17.2 Å². The van der Waals surface area contributed by atoms with Crippen molar-refractivity contribution in [2.45, 2.75) is 13.3 Å². The van der Waals surface area contributed by atoms with Crippen LogP contribution in [0.3, 0.4) is 0 Å². The number of ether oxygens (including phenoxy) is 1. The first kappa shape index (κ1) is 12.9. The van der Waals surface area contributed by atoms with Gasteiger partial charge in [-0.05, 0) is 31.5 Å². The molecule has 0 saturated carbocycles. The minimum absolute atomic E-state index is 0.0118. The van der Waals surface area contributed by atoms with Crippen LogP contribution >= 0.6 is 0 Å². The normalized spacial score (nSPS) is 19.2. The van der Waals surface area contributed by atoms with Crippen LogP contribution in [0.15, 0.2) is 18.2 Å². The number of carbonyl (C=O) groups is 1. The molecule has 2 N–H and O–H groups in total. The van der Waals surface area contributed by atoms with Crippen molar-refractivity contribution in [1.29, 1.82) is 0 Å². The molecule has 1 aromatic carbocycles. The number of Topliss-reactive ketones (excluding diaryl/α,β-unsaturated/α-hetero) is 1. The van der Waals surface area contributed by atoms with Gasteiger partial charge < -0.3 is 15.4 Å². The summed E-state index contributed by atoms with van der Waals surface area (Å²) < 4.78 is 5.19. The molecule has 98 valence electrons. The monoisotopic (exact) mass is 248 g/mol. The van der Waals surface area contributed by atoms with Crippen LogP contribution in [-0.4, -0.2) is 32.6 Å². The summed E-state index contributed by atoms with van der Waals surface area (Å²) in [5, 5.41) is 0. The zero-order valence-electron chi connectivity index (χ0n) is 11.0. The molecule has 2 rings (SSSR count). The minimum Gasteiger partial charge on any atom is -0.398 e. The van der Waals surface area contributed by atoms with Crippen molar-refractivity contribution in [2.24, 2.45) is 5.92 Å². The van der Waals surface area contributed by atoms with Crippen molar-refractivity contribution in [3.05, 3.63) is 23.8 Å². The van der Waals surface area contributed by atoms with E-state index in [4.69, 9.17) is 10.5 Å². The lowest BCUT2D eigenvalue weighted by atomic mass is 10.1. The number of anilines is 2. The van der Waals surface area contributed by atoms with Gasteiger partial charge in [0.25, 0.3) is 0 Å². The van der Waals surface area contributed by atoms with Crippen molar-refractivity contribution in [3.8, 4) is 0 Å². The van der Waals surface area contributed by atoms with E-state index >= 15 is 0 Å². The Bertz CT molecular complexity index is 445. The van der Waals surface area contributed by atoms with Crippen LogP contribution in [0.1, 0.15) is 23.7 Å². The summed E-state index contributed by atoms with van der Waals surface area (Å²) in [7, 11) is 1.74. The molecule has 1 aliphatic heterocycles. The minimum atomic E-state index is 0.0118. The molecular weight excluding hydrogens is 228 g/mol. The molecular formula is C14H20N2O2. The van der Waals surface area contributed by atoms with Gasteiger partial charge in [-0.3, -0.25) is 4.79 Å². The van der Waals surface area contributed by atoms with E-state index in [1.165, 1.54) is 6.92 Å². The average molecular weight is 248 g/mol. The molecule has 0 bridgehead atoms. The maximum atomic E-state index is 11.3. The van der Waals surface area contributed by atoms with E-state index in [1.807, 2.05) is 18.2 Å². The molecule has 1 fully saturated rings. The van der Waals surface area contributed by atoms with E-state index in [0.29, 0.717) is 17.2 Å². The summed E-state index contributed by atoms with van der Waals surface area (Å²) in [6.07, 6.45) is 1.14. The molecule has 18 heavy (non-hydrogen) atoms. The van der Waals surface area contributed by atoms with E-state index in [9.17, 15) is 4.79 Å². The molecule has 1 atom stereocenters. The van der Waals surface area contributed by atoms with Gasteiger partial charge in [0.15, 0.2) is 5.78 Å². The highest BCUT2D eigenvalue weighted by Crippen LogP contribution is 2.27. The van der Waals surface area contributed by atoms with Crippen molar-refractivity contribution in [2.75, 3.05) is 37.4 Å². The first-order valence-corrected chi connectivity index (χ1v) is 6.26. The average Bonchev–Trinajstić information content (AvgIpc) is 2.77. The first-order chi connectivity index (χ1) is 8.61.